The smallest absolute Gasteiger partial charge is 0.247 e. The monoisotopic (exact) mass is 423 g/mol. The van der Waals surface area contributed by atoms with Crippen LogP contribution < -0.4 is 15.4 Å². The molecule has 0 saturated carbocycles. The second kappa shape index (κ2) is 9.02. The van der Waals surface area contributed by atoms with Gasteiger partial charge in [-0.3, -0.25) is 0 Å². The maximum Gasteiger partial charge on any atom is 0.247 e. The number of hydrogen-bond acceptors (Lipinski definition) is 7. The van der Waals surface area contributed by atoms with Crippen molar-refractivity contribution in [2.75, 3.05) is 39.6 Å². The Kier molecular flexibility index (Phi) is 6.66. The minimum atomic E-state index is -4.00. The normalized spacial score (nSPS) is 17.3. The summed E-state index contributed by atoms with van der Waals surface area (Å²) in [6.45, 7) is 1.77. The third-order valence-corrected chi connectivity index (χ3v) is 6.77. The molecule has 1 atom stereocenters. The Morgan fingerprint density at radius 3 is 2.79 bits per heavy atom. The molecule has 1 aromatic carbocycles. The third kappa shape index (κ3) is 4.82. The average Bonchev–Trinajstić information content (AvgIpc) is 2.74. The van der Waals surface area contributed by atoms with Gasteiger partial charge in [0.25, 0.3) is 0 Å². The zero-order valence-corrected chi connectivity index (χ0v) is 17.6. The fraction of sp³-hybridized carbons (Fsp3) is 0.474. The number of anilines is 1. The van der Waals surface area contributed by atoms with Gasteiger partial charge in [-0.05, 0) is 37.6 Å². The second-order valence-electron chi connectivity index (χ2n) is 6.94. The molecule has 158 valence electrons. The summed E-state index contributed by atoms with van der Waals surface area (Å²) in [5, 5.41) is 6.37. The van der Waals surface area contributed by atoms with Crippen LogP contribution in [0.15, 0.2) is 29.2 Å². The van der Waals surface area contributed by atoms with Gasteiger partial charge in [-0.15, -0.1) is 0 Å². The number of sulfonamides is 1. The van der Waals surface area contributed by atoms with E-state index in [-0.39, 0.29) is 23.1 Å². The predicted molar refractivity (Wildman–Crippen MR) is 108 cm³/mol. The van der Waals surface area contributed by atoms with Crippen LogP contribution in [0, 0.1) is 5.82 Å². The molecule has 0 aliphatic carbocycles. The quantitative estimate of drug-likeness (QED) is 0.703. The van der Waals surface area contributed by atoms with E-state index in [0.717, 1.165) is 48.1 Å². The van der Waals surface area contributed by atoms with Crippen LogP contribution in [0.1, 0.15) is 30.3 Å². The molecule has 1 aromatic heterocycles. The maximum atomic E-state index is 13.7. The topological polar surface area (TPSA) is 96.5 Å². The van der Waals surface area contributed by atoms with Crippen LogP contribution >= 0.6 is 0 Å². The Balaban J connectivity index is 1.89. The molecule has 1 fully saturated rings. The highest BCUT2D eigenvalue weighted by Gasteiger charge is 2.27. The lowest BCUT2D eigenvalue weighted by atomic mass is 9.96. The van der Waals surface area contributed by atoms with Gasteiger partial charge in [0.2, 0.25) is 10.0 Å². The van der Waals surface area contributed by atoms with E-state index in [9.17, 15) is 12.8 Å². The van der Waals surface area contributed by atoms with Gasteiger partial charge in [-0.2, -0.15) is 4.31 Å². The number of nitrogens with one attached hydrogen (secondary N) is 2. The van der Waals surface area contributed by atoms with Gasteiger partial charge in [0, 0.05) is 32.6 Å². The zero-order valence-electron chi connectivity index (χ0n) is 16.8. The number of hydrogen-bond donors (Lipinski definition) is 2. The number of benzene rings is 1. The minimum absolute atomic E-state index is 0.0509. The Morgan fingerprint density at radius 2 is 2.14 bits per heavy atom. The Bertz CT molecular complexity index is 964. The fourth-order valence-electron chi connectivity index (χ4n) is 3.33. The molecule has 0 radical (unpaired) electrons. The van der Waals surface area contributed by atoms with E-state index < -0.39 is 15.8 Å². The molecular formula is C19H26FN5O3S. The van der Waals surface area contributed by atoms with Crippen LogP contribution in [0.4, 0.5) is 10.2 Å². The van der Waals surface area contributed by atoms with E-state index in [1.165, 1.54) is 20.2 Å². The molecule has 8 nitrogen and oxygen atoms in total. The van der Waals surface area contributed by atoms with E-state index >= 15 is 0 Å². The van der Waals surface area contributed by atoms with Crippen LogP contribution in [0.5, 0.6) is 5.75 Å². The molecule has 1 aliphatic heterocycles. The summed E-state index contributed by atoms with van der Waals surface area (Å²) in [6.07, 6.45) is 2.08. The minimum Gasteiger partial charge on any atom is -0.495 e. The van der Waals surface area contributed by atoms with Crippen LogP contribution in [-0.2, 0) is 16.6 Å². The van der Waals surface area contributed by atoms with E-state index in [1.54, 1.807) is 7.05 Å². The second-order valence-corrected chi connectivity index (χ2v) is 8.96. The molecule has 2 N–H and O–H groups in total. The number of methoxy groups -OCH3 is 1. The average molecular weight is 424 g/mol. The molecule has 3 rings (SSSR count). The maximum absolute atomic E-state index is 13.7. The van der Waals surface area contributed by atoms with Crippen LogP contribution in [0.3, 0.4) is 0 Å². The lowest BCUT2D eigenvalue weighted by Crippen LogP contribution is -2.30. The summed E-state index contributed by atoms with van der Waals surface area (Å²) >= 11 is 0. The summed E-state index contributed by atoms with van der Waals surface area (Å²) in [7, 11) is 0.510. The third-order valence-electron chi connectivity index (χ3n) is 4.94. The van der Waals surface area contributed by atoms with Gasteiger partial charge < -0.3 is 15.4 Å². The van der Waals surface area contributed by atoms with Crippen LogP contribution in [-0.4, -0.2) is 57.0 Å². The lowest BCUT2D eigenvalue weighted by molar-refractivity contribution is 0.394. The molecule has 0 unspecified atom stereocenters. The largest absolute Gasteiger partial charge is 0.495 e. The summed E-state index contributed by atoms with van der Waals surface area (Å²) in [5.74, 6) is 0.682. The first-order chi connectivity index (χ1) is 13.8. The standard InChI is InChI=1S/C19H26FN5O3S/c1-21-18-10-15(13-5-4-8-22-11-13)23-19(24-18)12-25(2)29(26,27)17-9-14(20)6-7-16(17)28-3/h6-7,9-10,13,22H,4-5,8,11-12H2,1-3H3,(H,21,23,24)/t13-/m0/s1. The fourth-order valence-corrected chi connectivity index (χ4v) is 4.62. The zero-order chi connectivity index (χ0) is 21.0. The van der Waals surface area contributed by atoms with E-state index in [0.29, 0.717) is 11.6 Å². The summed E-state index contributed by atoms with van der Waals surface area (Å²) < 4.78 is 45.9. The Hall–Kier alpha value is -2.30. The van der Waals surface area contributed by atoms with Gasteiger partial charge >= 0.3 is 0 Å². The first kappa shape index (κ1) is 21.4. The van der Waals surface area contributed by atoms with Crippen LogP contribution in [0.25, 0.3) is 0 Å². The van der Waals surface area contributed by atoms with Crippen molar-refractivity contribution in [1.82, 2.24) is 19.6 Å². The van der Waals surface area contributed by atoms with Crippen molar-refractivity contribution in [3.8, 4) is 5.75 Å². The van der Waals surface area contributed by atoms with Crippen molar-refractivity contribution >= 4 is 15.8 Å². The Morgan fingerprint density at radius 1 is 1.34 bits per heavy atom. The van der Waals surface area contributed by atoms with Crippen molar-refractivity contribution in [3.63, 3.8) is 0 Å². The number of nitrogens with zero attached hydrogens (tertiary/aromatic N) is 3. The van der Waals surface area contributed by atoms with E-state index in [2.05, 4.69) is 20.6 Å². The molecule has 0 bridgehead atoms. The number of halogens is 1. The van der Waals surface area contributed by atoms with Gasteiger partial charge in [-0.25, -0.2) is 22.8 Å². The summed E-state index contributed by atoms with van der Waals surface area (Å²) in [6, 6.07) is 5.30. The number of ether oxygens (including phenoxy) is 1. The molecule has 10 heteroatoms. The molecule has 0 spiro atoms. The lowest BCUT2D eigenvalue weighted by Gasteiger charge is -2.23. The number of aromatic nitrogens is 2. The molecule has 1 saturated heterocycles. The first-order valence-electron chi connectivity index (χ1n) is 9.41. The highest BCUT2D eigenvalue weighted by Crippen LogP contribution is 2.28. The molecule has 0 amide bonds. The molecular weight excluding hydrogens is 397 g/mol. The van der Waals surface area contributed by atoms with Gasteiger partial charge in [-0.1, -0.05) is 0 Å². The van der Waals surface area contributed by atoms with Crippen molar-refractivity contribution in [2.45, 2.75) is 30.2 Å². The number of rotatable bonds is 7. The SMILES string of the molecule is CNc1cc([C@H]2CCCNC2)nc(CN(C)S(=O)(=O)c2cc(F)ccc2OC)n1. The highest BCUT2D eigenvalue weighted by molar-refractivity contribution is 7.89. The summed E-state index contributed by atoms with van der Waals surface area (Å²) in [4.78, 5) is 8.78. The first-order valence-corrected chi connectivity index (χ1v) is 10.9. The van der Waals surface area contributed by atoms with Crippen molar-refractivity contribution in [2.24, 2.45) is 0 Å². The van der Waals surface area contributed by atoms with Crippen molar-refractivity contribution in [3.05, 3.63) is 41.6 Å². The highest BCUT2D eigenvalue weighted by atomic mass is 32.2. The molecule has 29 heavy (non-hydrogen) atoms. The van der Waals surface area contributed by atoms with Gasteiger partial charge in [0.1, 0.15) is 28.1 Å². The van der Waals surface area contributed by atoms with Crippen molar-refractivity contribution in [1.29, 1.82) is 0 Å². The van der Waals surface area contributed by atoms with E-state index in [4.69, 9.17) is 4.74 Å². The van der Waals surface area contributed by atoms with Crippen LogP contribution in [0.2, 0.25) is 0 Å². The van der Waals surface area contributed by atoms with Crippen molar-refractivity contribution < 1.29 is 17.5 Å². The van der Waals surface area contributed by atoms with Gasteiger partial charge in [0.05, 0.1) is 19.3 Å². The van der Waals surface area contributed by atoms with Gasteiger partial charge in [0.15, 0.2) is 0 Å². The van der Waals surface area contributed by atoms with E-state index in [1.807, 2.05) is 6.07 Å². The summed E-state index contributed by atoms with van der Waals surface area (Å²) in [5.41, 5.74) is 0.876. The predicted octanol–water partition coefficient (Wildman–Crippen LogP) is 1.95. The molecule has 1 aliphatic rings. The molecule has 2 aromatic rings. The Labute approximate surface area is 170 Å². The molecule has 2 heterocycles. The number of piperidine rings is 1.